The van der Waals surface area contributed by atoms with Gasteiger partial charge in [-0.25, -0.2) is 4.98 Å². The highest BCUT2D eigenvalue weighted by Gasteiger charge is 2.46. The van der Waals surface area contributed by atoms with E-state index in [1.165, 1.54) is 13.1 Å². The fourth-order valence-electron chi connectivity index (χ4n) is 3.77. The van der Waals surface area contributed by atoms with Crippen LogP contribution in [0.5, 0.6) is 0 Å². The van der Waals surface area contributed by atoms with Crippen LogP contribution in [-0.2, 0) is 23.9 Å². The predicted octanol–water partition coefficient (Wildman–Crippen LogP) is 2.41. The van der Waals surface area contributed by atoms with E-state index in [4.69, 9.17) is 21.1 Å². The van der Waals surface area contributed by atoms with Crippen molar-refractivity contribution in [1.82, 2.24) is 9.88 Å². The molecule has 1 aromatic rings. The zero-order chi connectivity index (χ0) is 20.9. The average molecular weight is 424 g/mol. The molecule has 2 aliphatic rings. The molecule has 8 nitrogen and oxygen atoms in total. The maximum atomic E-state index is 13.0. The Hall–Kier alpha value is -2.19. The van der Waals surface area contributed by atoms with Crippen LogP contribution in [0.3, 0.4) is 0 Å². The zero-order valence-electron chi connectivity index (χ0n) is 16.5. The third-order valence-electron chi connectivity index (χ3n) is 5.52. The summed E-state index contributed by atoms with van der Waals surface area (Å²) in [5.74, 6) is -1.05. The zero-order valence-corrected chi connectivity index (χ0v) is 17.2. The van der Waals surface area contributed by atoms with Crippen molar-refractivity contribution in [3.63, 3.8) is 0 Å². The Morgan fingerprint density at radius 1 is 1.31 bits per heavy atom. The molecule has 1 atom stereocenters. The van der Waals surface area contributed by atoms with Crippen molar-refractivity contribution in [3.05, 3.63) is 23.5 Å². The number of carbonyl (C=O) groups excluding carboxylic acids is 3. The lowest BCUT2D eigenvalue weighted by molar-refractivity contribution is -0.166. The molecular formula is C20H26ClN3O5. The van der Waals surface area contributed by atoms with Crippen LogP contribution in [0.4, 0.5) is 5.69 Å². The van der Waals surface area contributed by atoms with Crippen LogP contribution in [0.1, 0.15) is 39.0 Å². The Balaban J connectivity index is 1.62. The van der Waals surface area contributed by atoms with Crippen molar-refractivity contribution in [2.45, 2.75) is 45.1 Å². The second-order valence-electron chi connectivity index (χ2n) is 7.54. The summed E-state index contributed by atoms with van der Waals surface area (Å²) >= 11 is 5.95. The third kappa shape index (κ3) is 5.25. The van der Waals surface area contributed by atoms with Gasteiger partial charge >= 0.3 is 5.97 Å². The lowest BCUT2D eigenvalue weighted by Crippen LogP contribution is -2.45. The number of carbonyl (C=O) groups is 3. The van der Waals surface area contributed by atoms with Crippen molar-refractivity contribution in [2.75, 3.05) is 31.6 Å². The van der Waals surface area contributed by atoms with Gasteiger partial charge in [0.15, 0.2) is 11.3 Å². The van der Waals surface area contributed by atoms with Gasteiger partial charge < -0.3 is 19.7 Å². The molecule has 0 radical (unpaired) electrons. The molecular weight excluding hydrogens is 398 g/mol. The standard InChI is InChI=1S/C20H26ClN3O5/c1-14(18(26)23-15-5-4-8-22-17(15)21)29-19(27)20(6-2-3-7-20)13-16(25)24-9-11-28-12-10-24/h4-5,8,14H,2-3,6-7,9-13H2,1H3,(H,23,26)/t14-/m1/s1. The second-order valence-corrected chi connectivity index (χ2v) is 7.89. The van der Waals surface area contributed by atoms with Crippen molar-refractivity contribution in [2.24, 2.45) is 5.41 Å². The Morgan fingerprint density at radius 2 is 2.00 bits per heavy atom. The minimum absolute atomic E-state index is 0.0635. The SMILES string of the molecule is C[C@@H](OC(=O)C1(CC(=O)N2CCOCC2)CCCC1)C(=O)Nc1cccnc1Cl. The number of hydrogen-bond donors (Lipinski definition) is 1. The van der Waals surface area contributed by atoms with Gasteiger partial charge in [-0.15, -0.1) is 0 Å². The van der Waals surface area contributed by atoms with E-state index in [1.807, 2.05) is 0 Å². The average Bonchev–Trinajstić information content (AvgIpc) is 3.20. The van der Waals surface area contributed by atoms with Gasteiger partial charge in [0.05, 0.1) is 24.3 Å². The minimum atomic E-state index is -1.02. The molecule has 1 N–H and O–H groups in total. The Kier molecular flexibility index (Phi) is 7.08. The number of halogens is 1. The number of amides is 2. The quantitative estimate of drug-likeness (QED) is 0.557. The van der Waals surface area contributed by atoms with Crippen LogP contribution in [-0.4, -0.2) is 60.1 Å². The number of esters is 1. The summed E-state index contributed by atoms with van der Waals surface area (Å²) in [4.78, 5) is 43.8. The number of aromatic nitrogens is 1. The maximum absolute atomic E-state index is 13.0. The van der Waals surface area contributed by atoms with E-state index in [9.17, 15) is 14.4 Å². The number of anilines is 1. The van der Waals surface area contributed by atoms with E-state index in [0.717, 1.165) is 12.8 Å². The summed E-state index contributed by atoms with van der Waals surface area (Å²) < 4.78 is 10.8. The number of morpholine rings is 1. The first kappa shape index (κ1) is 21.5. The normalized spacial score (nSPS) is 19.4. The van der Waals surface area contributed by atoms with Gasteiger partial charge in [0.1, 0.15) is 0 Å². The first-order valence-corrected chi connectivity index (χ1v) is 10.3. The van der Waals surface area contributed by atoms with Gasteiger partial charge in [-0.05, 0) is 31.9 Å². The molecule has 0 unspecified atom stereocenters. The second kappa shape index (κ2) is 9.54. The molecule has 1 saturated carbocycles. The number of rotatable bonds is 6. The summed E-state index contributed by atoms with van der Waals surface area (Å²) in [6.07, 6.45) is 3.49. The Labute approximate surface area is 174 Å². The van der Waals surface area contributed by atoms with Gasteiger partial charge in [-0.2, -0.15) is 0 Å². The molecule has 1 aromatic heterocycles. The third-order valence-corrected chi connectivity index (χ3v) is 5.82. The van der Waals surface area contributed by atoms with E-state index in [2.05, 4.69) is 10.3 Å². The molecule has 1 aliphatic heterocycles. The summed E-state index contributed by atoms with van der Waals surface area (Å²) in [5, 5.41) is 2.77. The molecule has 0 bridgehead atoms. The number of hydrogen-bond acceptors (Lipinski definition) is 6. The molecule has 0 aromatic carbocycles. The maximum Gasteiger partial charge on any atom is 0.313 e. The lowest BCUT2D eigenvalue weighted by atomic mass is 9.82. The van der Waals surface area contributed by atoms with E-state index in [1.54, 1.807) is 17.0 Å². The first-order chi connectivity index (χ1) is 13.9. The molecule has 29 heavy (non-hydrogen) atoms. The molecule has 2 fully saturated rings. The molecule has 0 spiro atoms. The number of nitrogens with zero attached hydrogens (tertiary/aromatic N) is 2. The molecule has 1 aliphatic carbocycles. The Bertz CT molecular complexity index is 760. The highest BCUT2D eigenvalue weighted by atomic mass is 35.5. The fraction of sp³-hybridized carbons (Fsp3) is 0.600. The molecule has 9 heteroatoms. The Morgan fingerprint density at radius 3 is 2.66 bits per heavy atom. The van der Waals surface area contributed by atoms with Crippen LogP contribution < -0.4 is 5.32 Å². The first-order valence-electron chi connectivity index (χ1n) is 9.89. The predicted molar refractivity (Wildman–Crippen MR) is 106 cm³/mol. The molecule has 1 saturated heterocycles. The fourth-order valence-corrected chi connectivity index (χ4v) is 3.94. The molecule has 158 valence electrons. The van der Waals surface area contributed by atoms with Crippen LogP contribution in [0.15, 0.2) is 18.3 Å². The summed E-state index contributed by atoms with van der Waals surface area (Å²) in [5.41, 5.74) is -0.518. The minimum Gasteiger partial charge on any atom is -0.452 e. The van der Waals surface area contributed by atoms with Gasteiger partial charge in [-0.1, -0.05) is 24.4 Å². The highest BCUT2D eigenvalue weighted by molar-refractivity contribution is 6.32. The van der Waals surface area contributed by atoms with Gasteiger partial charge in [0.2, 0.25) is 5.91 Å². The van der Waals surface area contributed by atoms with E-state index in [-0.39, 0.29) is 17.5 Å². The number of pyridine rings is 1. The van der Waals surface area contributed by atoms with Gasteiger partial charge in [0, 0.05) is 25.7 Å². The van der Waals surface area contributed by atoms with Gasteiger partial charge in [-0.3, -0.25) is 14.4 Å². The summed E-state index contributed by atoms with van der Waals surface area (Å²) in [6.45, 7) is 3.60. The largest absolute Gasteiger partial charge is 0.452 e. The smallest absolute Gasteiger partial charge is 0.313 e. The lowest BCUT2D eigenvalue weighted by Gasteiger charge is -2.32. The topological polar surface area (TPSA) is 97.8 Å². The van der Waals surface area contributed by atoms with E-state index < -0.39 is 23.4 Å². The molecule has 2 heterocycles. The number of nitrogens with one attached hydrogen (secondary N) is 1. The van der Waals surface area contributed by atoms with Crippen molar-refractivity contribution < 1.29 is 23.9 Å². The van der Waals surface area contributed by atoms with Crippen LogP contribution in [0.25, 0.3) is 0 Å². The monoisotopic (exact) mass is 423 g/mol. The number of ether oxygens (including phenoxy) is 2. The van der Waals surface area contributed by atoms with Crippen LogP contribution in [0, 0.1) is 5.41 Å². The molecule has 3 rings (SSSR count). The van der Waals surface area contributed by atoms with Crippen molar-refractivity contribution >= 4 is 35.1 Å². The van der Waals surface area contributed by atoms with Crippen LogP contribution >= 0.6 is 11.6 Å². The molecule has 2 amide bonds. The van der Waals surface area contributed by atoms with Crippen molar-refractivity contribution in [1.29, 1.82) is 0 Å². The van der Waals surface area contributed by atoms with Gasteiger partial charge in [0.25, 0.3) is 5.91 Å². The summed E-state index contributed by atoms with van der Waals surface area (Å²) in [6, 6.07) is 3.25. The highest BCUT2D eigenvalue weighted by Crippen LogP contribution is 2.43. The summed E-state index contributed by atoms with van der Waals surface area (Å²) in [7, 11) is 0. The van der Waals surface area contributed by atoms with Crippen molar-refractivity contribution in [3.8, 4) is 0 Å². The van der Waals surface area contributed by atoms with Crippen LogP contribution in [0.2, 0.25) is 5.15 Å². The van der Waals surface area contributed by atoms with E-state index in [0.29, 0.717) is 44.8 Å². The van der Waals surface area contributed by atoms with E-state index >= 15 is 0 Å².